The molecular formula is C30H36O3. The van der Waals surface area contributed by atoms with Crippen LogP contribution in [0, 0.1) is 0 Å². The molecular weight excluding hydrogens is 408 g/mol. The first-order chi connectivity index (χ1) is 16.1. The molecule has 2 atom stereocenters. The number of hydrogen-bond donors (Lipinski definition) is 0. The third kappa shape index (κ3) is 6.55. The average molecular weight is 445 g/mol. The lowest BCUT2D eigenvalue weighted by atomic mass is 9.89. The highest BCUT2D eigenvalue weighted by atomic mass is 16.5. The minimum absolute atomic E-state index is 0.0676. The standard InChI is InChI=1S/C30H36O3/c1-5-7-11-26(10-6-2)28-12-8-9-13-29(28)33-30(31)27-20-18-25(19-21-27)24-16-14-23(15-17-24)22(3)32-4/h8-9,12-22,26H,5-7,10-11H2,1-4H3. The third-order valence-corrected chi connectivity index (χ3v) is 6.29. The van der Waals surface area contributed by atoms with Gasteiger partial charge in [-0.05, 0) is 66.1 Å². The minimum Gasteiger partial charge on any atom is -0.423 e. The predicted octanol–water partition coefficient (Wildman–Crippen LogP) is 8.35. The van der Waals surface area contributed by atoms with Gasteiger partial charge in [-0.2, -0.15) is 0 Å². The zero-order chi connectivity index (χ0) is 23.6. The van der Waals surface area contributed by atoms with Crippen LogP contribution in [0.4, 0.5) is 0 Å². The Balaban J connectivity index is 1.74. The van der Waals surface area contributed by atoms with E-state index in [1.165, 1.54) is 12.8 Å². The Morgan fingerprint density at radius 2 is 1.45 bits per heavy atom. The first kappa shape index (κ1) is 24.7. The Morgan fingerprint density at radius 1 is 0.818 bits per heavy atom. The molecule has 2 unspecified atom stereocenters. The molecule has 3 nitrogen and oxygen atoms in total. The lowest BCUT2D eigenvalue weighted by molar-refractivity contribution is 0.0732. The lowest BCUT2D eigenvalue weighted by Crippen LogP contribution is -2.11. The maximum Gasteiger partial charge on any atom is 0.343 e. The van der Waals surface area contributed by atoms with Gasteiger partial charge in [-0.15, -0.1) is 0 Å². The van der Waals surface area contributed by atoms with Gasteiger partial charge in [0.2, 0.25) is 0 Å². The molecule has 174 valence electrons. The lowest BCUT2D eigenvalue weighted by Gasteiger charge is -2.19. The van der Waals surface area contributed by atoms with Gasteiger partial charge in [-0.3, -0.25) is 0 Å². The third-order valence-electron chi connectivity index (χ3n) is 6.29. The molecule has 0 aliphatic heterocycles. The SMILES string of the molecule is CCCCC(CCC)c1ccccc1OC(=O)c1ccc(-c2ccc(C(C)OC)cc2)cc1. The maximum absolute atomic E-state index is 12.9. The van der Waals surface area contributed by atoms with Crippen LogP contribution in [0.3, 0.4) is 0 Å². The second-order valence-corrected chi connectivity index (χ2v) is 8.63. The van der Waals surface area contributed by atoms with Crippen molar-refractivity contribution in [1.82, 2.24) is 0 Å². The van der Waals surface area contributed by atoms with Crippen LogP contribution >= 0.6 is 0 Å². The van der Waals surface area contributed by atoms with E-state index in [-0.39, 0.29) is 12.1 Å². The van der Waals surface area contributed by atoms with Crippen molar-refractivity contribution >= 4 is 5.97 Å². The Kier molecular flexibility index (Phi) is 9.26. The number of hydrogen-bond acceptors (Lipinski definition) is 3. The first-order valence-corrected chi connectivity index (χ1v) is 12.1. The van der Waals surface area contributed by atoms with E-state index >= 15 is 0 Å². The number of ether oxygens (including phenoxy) is 2. The van der Waals surface area contributed by atoms with Crippen molar-refractivity contribution in [3.05, 3.63) is 89.5 Å². The highest BCUT2D eigenvalue weighted by Crippen LogP contribution is 2.34. The van der Waals surface area contributed by atoms with Gasteiger partial charge in [0.1, 0.15) is 5.75 Å². The molecule has 33 heavy (non-hydrogen) atoms. The average Bonchev–Trinajstić information content (AvgIpc) is 2.86. The zero-order valence-electron chi connectivity index (χ0n) is 20.3. The molecule has 0 spiro atoms. The van der Waals surface area contributed by atoms with Gasteiger partial charge in [0.25, 0.3) is 0 Å². The fourth-order valence-corrected chi connectivity index (χ4v) is 4.21. The summed E-state index contributed by atoms with van der Waals surface area (Å²) in [6.45, 7) is 6.45. The molecule has 0 amide bonds. The van der Waals surface area contributed by atoms with E-state index in [0.29, 0.717) is 17.2 Å². The van der Waals surface area contributed by atoms with E-state index in [4.69, 9.17) is 9.47 Å². The number of unbranched alkanes of at least 4 members (excludes halogenated alkanes) is 1. The Morgan fingerprint density at radius 3 is 2.06 bits per heavy atom. The molecule has 0 saturated heterocycles. The van der Waals surface area contributed by atoms with Crippen LogP contribution < -0.4 is 4.74 Å². The highest BCUT2D eigenvalue weighted by molar-refractivity contribution is 5.91. The van der Waals surface area contributed by atoms with Gasteiger partial charge in [-0.1, -0.05) is 87.7 Å². The van der Waals surface area contributed by atoms with Gasteiger partial charge in [0.15, 0.2) is 0 Å². The van der Waals surface area contributed by atoms with E-state index in [2.05, 4.69) is 44.2 Å². The summed E-state index contributed by atoms with van der Waals surface area (Å²) in [5.41, 5.74) is 5.00. The first-order valence-electron chi connectivity index (χ1n) is 12.1. The quantitative estimate of drug-likeness (QED) is 0.220. The fourth-order valence-electron chi connectivity index (χ4n) is 4.21. The Labute approximate surface area is 198 Å². The Bertz CT molecular complexity index is 1010. The smallest absolute Gasteiger partial charge is 0.343 e. The van der Waals surface area contributed by atoms with Crippen LogP contribution in [-0.2, 0) is 4.74 Å². The van der Waals surface area contributed by atoms with Crippen molar-refractivity contribution in [3.63, 3.8) is 0 Å². The number of carbonyl (C=O) groups excluding carboxylic acids is 1. The summed E-state index contributed by atoms with van der Waals surface area (Å²) >= 11 is 0. The van der Waals surface area contributed by atoms with E-state index < -0.39 is 0 Å². The molecule has 3 aromatic rings. The van der Waals surface area contributed by atoms with Crippen LogP contribution in [0.2, 0.25) is 0 Å². The van der Waals surface area contributed by atoms with Crippen LogP contribution in [0.1, 0.15) is 86.4 Å². The largest absolute Gasteiger partial charge is 0.423 e. The van der Waals surface area contributed by atoms with Crippen LogP contribution in [0.25, 0.3) is 11.1 Å². The van der Waals surface area contributed by atoms with Crippen molar-refractivity contribution in [1.29, 1.82) is 0 Å². The number of carbonyl (C=O) groups is 1. The highest BCUT2D eigenvalue weighted by Gasteiger charge is 2.18. The van der Waals surface area contributed by atoms with Crippen LogP contribution in [-0.4, -0.2) is 13.1 Å². The van der Waals surface area contributed by atoms with Crippen LogP contribution in [0.15, 0.2) is 72.8 Å². The van der Waals surface area contributed by atoms with Gasteiger partial charge in [-0.25, -0.2) is 4.79 Å². The summed E-state index contributed by atoms with van der Waals surface area (Å²) in [6.07, 6.45) is 5.75. The molecule has 0 aromatic heterocycles. The van der Waals surface area contributed by atoms with Crippen molar-refractivity contribution in [2.45, 2.75) is 64.9 Å². The number of methoxy groups -OCH3 is 1. The number of rotatable bonds is 11. The number of benzene rings is 3. The normalized spacial score (nSPS) is 12.8. The van der Waals surface area contributed by atoms with Gasteiger partial charge >= 0.3 is 5.97 Å². The molecule has 0 bridgehead atoms. The summed E-state index contributed by atoms with van der Waals surface area (Å²) in [5.74, 6) is 0.790. The Hall–Kier alpha value is -2.91. The molecule has 0 N–H and O–H groups in total. The van der Waals surface area contributed by atoms with Crippen molar-refractivity contribution in [2.75, 3.05) is 7.11 Å². The van der Waals surface area contributed by atoms with E-state index in [1.807, 2.05) is 49.4 Å². The van der Waals surface area contributed by atoms with Crippen LogP contribution in [0.5, 0.6) is 5.75 Å². The van der Waals surface area contributed by atoms with Gasteiger partial charge in [0.05, 0.1) is 11.7 Å². The number of para-hydroxylation sites is 1. The molecule has 0 heterocycles. The second kappa shape index (κ2) is 12.4. The van der Waals surface area contributed by atoms with Crippen molar-refractivity contribution in [2.24, 2.45) is 0 Å². The predicted molar refractivity (Wildman–Crippen MR) is 136 cm³/mol. The van der Waals surface area contributed by atoms with Crippen molar-refractivity contribution in [3.8, 4) is 16.9 Å². The molecule has 3 rings (SSSR count). The van der Waals surface area contributed by atoms with Gasteiger partial charge < -0.3 is 9.47 Å². The molecule has 0 fully saturated rings. The molecule has 0 radical (unpaired) electrons. The van der Waals surface area contributed by atoms with Gasteiger partial charge in [0, 0.05) is 7.11 Å². The van der Waals surface area contributed by atoms with E-state index in [9.17, 15) is 4.79 Å². The molecule has 3 heteroatoms. The summed E-state index contributed by atoms with van der Waals surface area (Å²) in [5, 5.41) is 0. The summed E-state index contributed by atoms with van der Waals surface area (Å²) in [7, 11) is 1.71. The van der Waals surface area contributed by atoms with E-state index in [0.717, 1.165) is 41.5 Å². The maximum atomic E-state index is 12.9. The zero-order valence-corrected chi connectivity index (χ0v) is 20.3. The summed E-state index contributed by atoms with van der Waals surface area (Å²) in [6, 6.07) is 23.9. The second-order valence-electron chi connectivity index (χ2n) is 8.63. The summed E-state index contributed by atoms with van der Waals surface area (Å²) in [4.78, 5) is 12.9. The van der Waals surface area contributed by atoms with Crippen molar-refractivity contribution < 1.29 is 14.3 Å². The monoisotopic (exact) mass is 444 g/mol. The molecule has 0 saturated carbocycles. The molecule has 3 aromatic carbocycles. The van der Waals surface area contributed by atoms with E-state index in [1.54, 1.807) is 7.11 Å². The fraction of sp³-hybridized carbons (Fsp3) is 0.367. The summed E-state index contributed by atoms with van der Waals surface area (Å²) < 4.78 is 11.3. The minimum atomic E-state index is -0.316. The molecule has 0 aliphatic carbocycles. The topological polar surface area (TPSA) is 35.5 Å². The molecule has 0 aliphatic rings. The number of esters is 1.